The van der Waals surface area contributed by atoms with E-state index in [0.717, 1.165) is 34.4 Å². The first-order valence-electron chi connectivity index (χ1n) is 11.5. The van der Waals surface area contributed by atoms with Crippen molar-refractivity contribution in [2.75, 3.05) is 33.5 Å². The van der Waals surface area contributed by atoms with E-state index in [1.807, 2.05) is 19.9 Å². The molecule has 1 amide bonds. The number of ether oxygens (including phenoxy) is 1. The summed E-state index contributed by atoms with van der Waals surface area (Å²) in [5.41, 5.74) is 1.25. The second-order valence-electron chi connectivity index (χ2n) is 9.78. The second kappa shape index (κ2) is 9.36. The Morgan fingerprint density at radius 3 is 2.68 bits per heavy atom. The third-order valence-corrected chi connectivity index (χ3v) is 9.93. The molecule has 10 heteroatoms. The predicted molar refractivity (Wildman–Crippen MR) is 140 cm³/mol. The first kappa shape index (κ1) is 24.8. The summed E-state index contributed by atoms with van der Waals surface area (Å²) in [6.07, 6.45) is 4.00. The minimum atomic E-state index is -2.53. The number of thiophene rings is 1. The lowest BCUT2D eigenvalue weighted by Gasteiger charge is -2.20. The molecule has 1 aliphatic rings. The van der Waals surface area contributed by atoms with Gasteiger partial charge in [-0.3, -0.25) is 9.59 Å². The minimum absolute atomic E-state index is 0.0296. The number of aryl methyl sites for hydroxylation is 1. The normalized spacial score (nSPS) is 17.1. The van der Waals surface area contributed by atoms with Crippen molar-refractivity contribution in [2.45, 2.75) is 38.8 Å². The maximum atomic E-state index is 12.9. The zero-order valence-corrected chi connectivity index (χ0v) is 22.3. The number of amides is 1. The summed E-state index contributed by atoms with van der Waals surface area (Å²) in [4.78, 5) is 31.6. The van der Waals surface area contributed by atoms with Crippen LogP contribution in [0.5, 0.6) is 5.75 Å². The van der Waals surface area contributed by atoms with Crippen LogP contribution in [0.4, 0.5) is 0 Å². The molecule has 1 unspecified atom stereocenters. The van der Waals surface area contributed by atoms with Gasteiger partial charge in [-0.15, -0.1) is 11.3 Å². The molecule has 0 aromatic carbocycles. The highest BCUT2D eigenvalue weighted by Gasteiger charge is 2.26. The zero-order valence-electron chi connectivity index (χ0n) is 20.6. The van der Waals surface area contributed by atoms with E-state index in [-0.39, 0.29) is 17.5 Å². The largest absolute Gasteiger partial charge is 0.490 e. The van der Waals surface area contributed by atoms with Crippen LogP contribution in [0.3, 0.4) is 0 Å². The number of rotatable bonds is 7. The molecular formula is C24H33N4O4PS. The lowest BCUT2D eigenvalue weighted by molar-refractivity contribution is 0.0939. The molecule has 3 aromatic heterocycles. The summed E-state index contributed by atoms with van der Waals surface area (Å²) >= 11 is 1.43. The monoisotopic (exact) mass is 504 g/mol. The van der Waals surface area contributed by atoms with E-state index < -0.39 is 7.14 Å². The van der Waals surface area contributed by atoms with Gasteiger partial charge in [0.15, 0.2) is 0 Å². The lowest BCUT2D eigenvalue weighted by Crippen LogP contribution is -2.30. The summed E-state index contributed by atoms with van der Waals surface area (Å²) in [6, 6.07) is 3.91. The van der Waals surface area contributed by atoms with E-state index in [1.54, 1.807) is 32.6 Å². The number of nitrogens with zero attached hydrogens (tertiary/aromatic N) is 2. The number of nitrogens with one attached hydrogen (secondary N) is 2. The van der Waals surface area contributed by atoms with Gasteiger partial charge in [-0.25, -0.2) is 0 Å². The number of carbonyl (C=O) groups is 1. The molecule has 3 aromatic rings. The summed E-state index contributed by atoms with van der Waals surface area (Å²) in [7, 11) is 1.27. The number of carbonyl (C=O) groups excluding carboxylic acids is 1. The lowest BCUT2D eigenvalue weighted by atomic mass is 10.1. The molecule has 4 rings (SSSR count). The standard InChI is InChI=1S/C24H33N4O4PS/c1-14(2)25-23(29)18-10-16-17(12-28(4)24(30)21(16)26-18)22-19(11-20(34-22)33(5,6)31)32-13-15-8-7-9-27(15)3/h10-12,14-15,26H,7-9,13H2,1-6H3,(H,25,29). The summed E-state index contributed by atoms with van der Waals surface area (Å²) in [5, 5.41) is 3.51. The van der Waals surface area contributed by atoms with E-state index in [1.165, 1.54) is 15.9 Å². The first-order valence-corrected chi connectivity index (χ1v) is 14.9. The fourth-order valence-corrected chi connectivity index (χ4v) is 6.72. The molecule has 0 aliphatic carbocycles. The molecule has 34 heavy (non-hydrogen) atoms. The number of hydrogen-bond acceptors (Lipinski definition) is 6. The van der Waals surface area contributed by atoms with E-state index >= 15 is 0 Å². The minimum Gasteiger partial charge on any atom is -0.490 e. The smallest absolute Gasteiger partial charge is 0.274 e. The molecule has 2 N–H and O–H groups in total. The van der Waals surface area contributed by atoms with E-state index in [0.29, 0.717) is 35.0 Å². The van der Waals surface area contributed by atoms with Gasteiger partial charge < -0.3 is 29.1 Å². The van der Waals surface area contributed by atoms with Crippen molar-refractivity contribution >= 4 is 39.9 Å². The number of aromatic nitrogens is 2. The van der Waals surface area contributed by atoms with Gasteiger partial charge in [-0.2, -0.15) is 0 Å². The molecule has 0 spiro atoms. The Hall–Kier alpha value is -2.35. The maximum Gasteiger partial charge on any atom is 0.274 e. The fraction of sp³-hybridized carbons (Fsp3) is 0.500. The van der Waals surface area contributed by atoms with Crippen LogP contribution in [-0.4, -0.2) is 66.0 Å². The van der Waals surface area contributed by atoms with Crippen molar-refractivity contribution in [3.8, 4) is 16.2 Å². The Bertz CT molecular complexity index is 1330. The molecule has 1 atom stereocenters. The van der Waals surface area contributed by atoms with Gasteiger partial charge in [0.1, 0.15) is 30.7 Å². The van der Waals surface area contributed by atoms with Gasteiger partial charge in [0.05, 0.1) is 9.50 Å². The highest BCUT2D eigenvalue weighted by atomic mass is 32.1. The average molecular weight is 505 g/mol. The summed E-state index contributed by atoms with van der Waals surface area (Å²) < 4.78 is 21.5. The molecule has 1 fully saturated rings. The van der Waals surface area contributed by atoms with E-state index in [9.17, 15) is 14.2 Å². The number of pyridine rings is 1. The number of fused-ring (bicyclic) bond motifs is 1. The van der Waals surface area contributed by atoms with Crippen LogP contribution in [0.25, 0.3) is 21.3 Å². The van der Waals surface area contributed by atoms with Gasteiger partial charge in [-0.1, -0.05) is 0 Å². The third kappa shape index (κ3) is 4.88. The Morgan fingerprint density at radius 2 is 2.06 bits per heavy atom. The maximum absolute atomic E-state index is 12.9. The van der Waals surface area contributed by atoms with Crippen molar-refractivity contribution in [3.63, 3.8) is 0 Å². The number of H-pyrrole nitrogens is 1. The SMILES string of the molecule is CC(C)NC(=O)c1cc2c(-c3sc(P(C)(C)=O)cc3OCC3CCCN3C)cn(C)c(=O)c2[nH]1. The fourth-order valence-electron chi connectivity index (χ4n) is 4.28. The highest BCUT2D eigenvalue weighted by Crippen LogP contribution is 2.46. The molecule has 1 aliphatic heterocycles. The molecule has 1 saturated heterocycles. The molecular weight excluding hydrogens is 471 g/mol. The van der Waals surface area contributed by atoms with Crippen LogP contribution in [0.15, 0.2) is 23.1 Å². The molecule has 0 saturated carbocycles. The van der Waals surface area contributed by atoms with Crippen molar-refractivity contribution in [1.82, 2.24) is 19.8 Å². The summed E-state index contributed by atoms with van der Waals surface area (Å²) in [6.45, 7) is 8.87. The van der Waals surface area contributed by atoms with Crippen LogP contribution < -0.4 is 20.2 Å². The first-order chi connectivity index (χ1) is 16.0. The topological polar surface area (TPSA) is 96.4 Å². The Kier molecular flexibility index (Phi) is 6.82. The average Bonchev–Trinajstić information content (AvgIpc) is 3.46. The number of aromatic amines is 1. The molecule has 8 nitrogen and oxygen atoms in total. The summed E-state index contributed by atoms with van der Waals surface area (Å²) in [5.74, 6) is 0.400. The molecule has 0 radical (unpaired) electrons. The molecule has 184 valence electrons. The van der Waals surface area contributed by atoms with Crippen molar-refractivity contribution in [2.24, 2.45) is 7.05 Å². The number of hydrogen-bond donors (Lipinski definition) is 2. The Balaban J connectivity index is 1.83. The van der Waals surface area contributed by atoms with Crippen LogP contribution in [0.2, 0.25) is 0 Å². The van der Waals surface area contributed by atoms with Gasteiger partial charge in [0.25, 0.3) is 11.5 Å². The molecule has 4 heterocycles. The zero-order chi connectivity index (χ0) is 24.8. The highest BCUT2D eigenvalue weighted by molar-refractivity contribution is 7.75. The van der Waals surface area contributed by atoms with Gasteiger partial charge in [0, 0.05) is 42.3 Å². The van der Waals surface area contributed by atoms with Gasteiger partial charge >= 0.3 is 0 Å². The number of likely N-dealkylation sites (N-methyl/N-ethyl adjacent to an activating group) is 1. The van der Waals surface area contributed by atoms with Crippen molar-refractivity contribution in [3.05, 3.63) is 34.4 Å². The van der Waals surface area contributed by atoms with E-state index in [2.05, 4.69) is 22.2 Å². The van der Waals surface area contributed by atoms with Gasteiger partial charge in [0.2, 0.25) is 0 Å². The second-order valence-corrected chi connectivity index (χ2v) is 14.3. The Labute approximate surface area is 203 Å². The Morgan fingerprint density at radius 1 is 1.32 bits per heavy atom. The van der Waals surface area contributed by atoms with E-state index in [4.69, 9.17) is 4.74 Å². The van der Waals surface area contributed by atoms with Crippen LogP contribution in [0.1, 0.15) is 37.2 Å². The van der Waals surface area contributed by atoms with Crippen LogP contribution in [0, 0.1) is 0 Å². The predicted octanol–water partition coefficient (Wildman–Crippen LogP) is 3.45. The van der Waals surface area contributed by atoms with Crippen LogP contribution in [-0.2, 0) is 11.6 Å². The van der Waals surface area contributed by atoms with Gasteiger partial charge in [-0.05, 0) is 59.7 Å². The van der Waals surface area contributed by atoms with Crippen molar-refractivity contribution < 1.29 is 14.1 Å². The third-order valence-electron chi connectivity index (χ3n) is 6.19. The van der Waals surface area contributed by atoms with Crippen molar-refractivity contribution in [1.29, 1.82) is 0 Å². The van der Waals surface area contributed by atoms with Crippen LogP contribution >= 0.6 is 18.5 Å². The number of likely N-dealkylation sites (tertiary alicyclic amines) is 1. The quantitative estimate of drug-likeness (QED) is 0.481. The molecule has 0 bridgehead atoms.